The molecule has 2 aliphatic heterocycles. The first-order valence-electron chi connectivity index (χ1n) is 13.5. The highest BCUT2D eigenvalue weighted by Gasteiger charge is 2.32. The molecule has 10 nitrogen and oxygen atoms in total. The van der Waals surface area contributed by atoms with Crippen molar-refractivity contribution in [2.24, 2.45) is 7.05 Å². The number of hydrogen-bond acceptors (Lipinski definition) is 6. The molecule has 0 bridgehead atoms. The summed E-state index contributed by atoms with van der Waals surface area (Å²) in [4.78, 5) is 63.4. The number of benzene rings is 1. The molecule has 10 heteroatoms. The first kappa shape index (κ1) is 27.6. The summed E-state index contributed by atoms with van der Waals surface area (Å²) in [7, 11) is 1.70. The van der Waals surface area contributed by atoms with Crippen LogP contribution in [0.15, 0.2) is 23.0 Å². The normalized spacial score (nSPS) is 19.1. The molecule has 3 amide bonds. The molecule has 0 saturated carbocycles. The number of unbranched alkanes of at least 4 members (excludes halogenated alkanes) is 1. The highest BCUT2D eigenvalue weighted by Crippen LogP contribution is 2.31. The molecule has 0 radical (unpaired) electrons. The summed E-state index contributed by atoms with van der Waals surface area (Å²) in [6, 6.07) is 5.20. The van der Waals surface area contributed by atoms with Crippen LogP contribution < -0.4 is 11.0 Å². The number of rotatable bonds is 7. The number of nitrogens with zero attached hydrogens (tertiary/aromatic N) is 3. The number of esters is 1. The van der Waals surface area contributed by atoms with Crippen molar-refractivity contribution in [3.05, 3.63) is 34.2 Å². The number of aryl methyl sites for hydroxylation is 1. The first-order valence-corrected chi connectivity index (χ1v) is 13.5. The monoisotopic (exact) mass is 526 g/mol. The smallest absolute Gasteiger partial charge is 0.329 e. The quantitative estimate of drug-likeness (QED) is 0.337. The predicted molar refractivity (Wildman–Crippen MR) is 141 cm³/mol. The number of imidazole rings is 1. The van der Waals surface area contributed by atoms with Gasteiger partial charge in [0.15, 0.2) is 0 Å². The molecule has 1 aromatic heterocycles. The second-order valence-electron chi connectivity index (χ2n) is 11.4. The van der Waals surface area contributed by atoms with E-state index in [2.05, 4.69) is 5.32 Å². The molecule has 206 valence electrons. The van der Waals surface area contributed by atoms with Gasteiger partial charge < -0.3 is 9.64 Å². The standard InChI is InChI=1S/C28H38N4O6/c1-28(2,3)38-25(35)8-6-5-7-24(34)31-15-13-18(14-16-31)19-9-10-20-22(17-19)30(4)27(37)32(20)21-11-12-23(33)29-26(21)36/h9-10,17-18,21H,5-8,11-16H2,1-4H3,(H,29,33,36). The van der Waals surface area contributed by atoms with Crippen molar-refractivity contribution >= 4 is 34.7 Å². The summed E-state index contributed by atoms with van der Waals surface area (Å²) >= 11 is 0. The third-order valence-corrected chi connectivity index (χ3v) is 7.40. The van der Waals surface area contributed by atoms with Crippen LogP contribution in [0.1, 0.15) is 89.7 Å². The minimum absolute atomic E-state index is 0.117. The lowest BCUT2D eigenvalue weighted by Crippen LogP contribution is -2.44. The number of carbonyl (C=O) groups is 4. The number of fused-ring (bicyclic) bond motifs is 1. The van der Waals surface area contributed by atoms with E-state index in [4.69, 9.17) is 4.74 Å². The Hall–Kier alpha value is -3.43. The third-order valence-electron chi connectivity index (χ3n) is 7.40. The number of nitrogens with one attached hydrogen (secondary N) is 1. The van der Waals surface area contributed by atoms with E-state index in [-0.39, 0.29) is 35.8 Å². The molecule has 4 rings (SSSR count). The van der Waals surface area contributed by atoms with Gasteiger partial charge in [0.05, 0.1) is 11.0 Å². The van der Waals surface area contributed by atoms with Gasteiger partial charge in [0.1, 0.15) is 11.6 Å². The molecule has 0 aliphatic carbocycles. The molecule has 1 unspecified atom stereocenters. The van der Waals surface area contributed by atoms with Crippen LogP contribution in [0.3, 0.4) is 0 Å². The number of piperidine rings is 2. The number of ether oxygens (including phenoxy) is 1. The molecule has 3 heterocycles. The van der Waals surface area contributed by atoms with Crippen molar-refractivity contribution < 1.29 is 23.9 Å². The van der Waals surface area contributed by atoms with Crippen molar-refractivity contribution in [1.82, 2.24) is 19.4 Å². The van der Waals surface area contributed by atoms with Crippen LogP contribution >= 0.6 is 0 Å². The molecule has 1 aromatic carbocycles. The maximum Gasteiger partial charge on any atom is 0.329 e. The van der Waals surface area contributed by atoms with E-state index < -0.39 is 17.6 Å². The van der Waals surface area contributed by atoms with Gasteiger partial charge in [0, 0.05) is 39.4 Å². The summed E-state index contributed by atoms with van der Waals surface area (Å²) in [6.07, 6.45) is 4.21. The molecule has 1 N–H and O–H groups in total. The van der Waals surface area contributed by atoms with Gasteiger partial charge in [-0.05, 0) is 76.5 Å². The maximum absolute atomic E-state index is 13.0. The average molecular weight is 527 g/mol. The van der Waals surface area contributed by atoms with E-state index in [0.717, 1.165) is 23.9 Å². The van der Waals surface area contributed by atoms with Crippen LogP contribution in [0.25, 0.3) is 11.0 Å². The first-order chi connectivity index (χ1) is 17.9. The van der Waals surface area contributed by atoms with Crippen LogP contribution in [-0.4, -0.2) is 56.4 Å². The van der Waals surface area contributed by atoms with E-state index in [0.29, 0.717) is 50.7 Å². The molecule has 1 atom stereocenters. The second-order valence-corrected chi connectivity index (χ2v) is 11.4. The molecular weight excluding hydrogens is 488 g/mol. The topological polar surface area (TPSA) is 120 Å². The zero-order chi connectivity index (χ0) is 27.6. The van der Waals surface area contributed by atoms with E-state index >= 15 is 0 Å². The Kier molecular flexibility index (Phi) is 8.08. The van der Waals surface area contributed by atoms with Gasteiger partial charge in [-0.25, -0.2) is 4.79 Å². The van der Waals surface area contributed by atoms with Crippen molar-refractivity contribution in [2.45, 2.75) is 89.7 Å². The third kappa shape index (κ3) is 6.16. The van der Waals surface area contributed by atoms with Gasteiger partial charge >= 0.3 is 11.7 Å². The van der Waals surface area contributed by atoms with E-state index in [1.807, 2.05) is 43.9 Å². The number of likely N-dealkylation sites (tertiary alicyclic amines) is 1. The fourth-order valence-electron chi connectivity index (χ4n) is 5.42. The highest BCUT2D eigenvalue weighted by atomic mass is 16.6. The molecular formula is C28H38N4O6. The Morgan fingerprint density at radius 1 is 1.00 bits per heavy atom. The fraction of sp³-hybridized carbons (Fsp3) is 0.607. The lowest BCUT2D eigenvalue weighted by Gasteiger charge is -2.32. The summed E-state index contributed by atoms with van der Waals surface area (Å²) < 4.78 is 8.36. The van der Waals surface area contributed by atoms with Crippen LogP contribution in [0.4, 0.5) is 0 Å². The van der Waals surface area contributed by atoms with Crippen LogP contribution in [-0.2, 0) is 31.0 Å². The SMILES string of the molecule is Cn1c(=O)n(C2CCC(=O)NC2=O)c2ccc(C3CCN(C(=O)CCCCC(=O)OC(C)(C)C)CC3)cc21. The highest BCUT2D eigenvalue weighted by molar-refractivity contribution is 6.00. The number of aromatic nitrogens is 2. The molecule has 2 aliphatic rings. The van der Waals surface area contributed by atoms with Gasteiger partial charge in [0.2, 0.25) is 17.7 Å². The summed E-state index contributed by atoms with van der Waals surface area (Å²) in [5, 5.41) is 2.33. The van der Waals surface area contributed by atoms with E-state index in [1.54, 1.807) is 11.6 Å². The van der Waals surface area contributed by atoms with Gasteiger partial charge in [0.25, 0.3) is 0 Å². The molecule has 2 fully saturated rings. The minimum Gasteiger partial charge on any atom is -0.460 e. The van der Waals surface area contributed by atoms with Gasteiger partial charge in [-0.15, -0.1) is 0 Å². The Labute approximate surface area is 222 Å². The van der Waals surface area contributed by atoms with Crippen LogP contribution in [0, 0.1) is 0 Å². The van der Waals surface area contributed by atoms with Crippen LogP contribution in [0.2, 0.25) is 0 Å². The number of carbonyl (C=O) groups excluding carboxylic acids is 4. The van der Waals surface area contributed by atoms with Crippen molar-refractivity contribution in [3.63, 3.8) is 0 Å². The Morgan fingerprint density at radius 2 is 1.68 bits per heavy atom. The Balaban J connectivity index is 1.33. The Bertz CT molecular complexity index is 1290. The van der Waals surface area contributed by atoms with E-state index in [1.165, 1.54) is 4.57 Å². The lowest BCUT2D eigenvalue weighted by molar-refractivity contribution is -0.155. The zero-order valence-corrected chi connectivity index (χ0v) is 22.7. The summed E-state index contributed by atoms with van der Waals surface area (Å²) in [6.45, 7) is 6.87. The average Bonchev–Trinajstić information content (AvgIpc) is 3.10. The molecule has 0 spiro atoms. The van der Waals surface area contributed by atoms with Crippen LogP contribution in [0.5, 0.6) is 0 Å². The number of amides is 3. The zero-order valence-electron chi connectivity index (χ0n) is 22.7. The largest absolute Gasteiger partial charge is 0.460 e. The summed E-state index contributed by atoms with van der Waals surface area (Å²) in [5.74, 6) is -0.599. The number of imide groups is 1. The molecule has 2 saturated heterocycles. The molecule has 38 heavy (non-hydrogen) atoms. The predicted octanol–water partition coefficient (Wildman–Crippen LogP) is 2.93. The molecule has 2 aromatic rings. The van der Waals surface area contributed by atoms with Gasteiger partial charge in [-0.1, -0.05) is 6.07 Å². The van der Waals surface area contributed by atoms with E-state index in [9.17, 15) is 24.0 Å². The Morgan fingerprint density at radius 3 is 2.34 bits per heavy atom. The lowest BCUT2D eigenvalue weighted by atomic mass is 9.89. The van der Waals surface area contributed by atoms with Crippen molar-refractivity contribution in [3.8, 4) is 0 Å². The number of hydrogen-bond donors (Lipinski definition) is 1. The second kappa shape index (κ2) is 11.1. The van der Waals surface area contributed by atoms with Crippen molar-refractivity contribution in [1.29, 1.82) is 0 Å². The fourth-order valence-corrected chi connectivity index (χ4v) is 5.42. The summed E-state index contributed by atoms with van der Waals surface area (Å²) in [5.41, 5.74) is 1.76. The van der Waals surface area contributed by atoms with Gasteiger partial charge in [-0.2, -0.15) is 0 Å². The van der Waals surface area contributed by atoms with Gasteiger partial charge in [-0.3, -0.25) is 33.6 Å². The maximum atomic E-state index is 13.0. The minimum atomic E-state index is -0.701. The van der Waals surface area contributed by atoms with Crippen molar-refractivity contribution in [2.75, 3.05) is 13.1 Å².